The van der Waals surface area contributed by atoms with Crippen LogP contribution < -0.4 is 11.1 Å². The number of nitrogen functional groups attached to an aromatic ring is 1. The third-order valence-electron chi connectivity index (χ3n) is 2.79. The monoisotopic (exact) mass is 323 g/mol. The quantitative estimate of drug-likeness (QED) is 0.791. The minimum absolute atomic E-state index is 0.0519. The number of thioether (sulfide) groups is 1. The van der Waals surface area contributed by atoms with E-state index < -0.39 is 0 Å². The molecule has 0 radical (unpaired) electrons. The summed E-state index contributed by atoms with van der Waals surface area (Å²) in [6.07, 6.45) is 2.55. The molecule has 3 N–H and O–H groups in total. The van der Waals surface area contributed by atoms with E-state index in [0.29, 0.717) is 9.47 Å². The number of anilines is 1. The molecule has 0 spiro atoms. The summed E-state index contributed by atoms with van der Waals surface area (Å²) in [5, 5.41) is 11.0. The molecular weight excluding hydrogens is 306 g/mol. The number of aromatic nitrogens is 3. The van der Waals surface area contributed by atoms with Gasteiger partial charge in [-0.2, -0.15) is 0 Å². The number of pyridine rings is 1. The van der Waals surface area contributed by atoms with Crippen molar-refractivity contribution in [2.45, 2.75) is 30.6 Å². The van der Waals surface area contributed by atoms with Crippen molar-refractivity contribution in [3.63, 3.8) is 0 Å². The molecule has 2 aromatic rings. The Labute approximate surface area is 131 Å². The number of nitrogens with two attached hydrogens (primary N) is 1. The second kappa shape index (κ2) is 7.37. The highest BCUT2D eigenvalue weighted by molar-refractivity contribution is 8.01. The van der Waals surface area contributed by atoms with Crippen LogP contribution in [0.2, 0.25) is 0 Å². The molecule has 1 atom stereocenters. The minimum atomic E-state index is -0.0718. The van der Waals surface area contributed by atoms with Crippen molar-refractivity contribution in [2.75, 3.05) is 11.5 Å². The van der Waals surface area contributed by atoms with Crippen LogP contribution in [0.4, 0.5) is 5.13 Å². The molecule has 2 heterocycles. The number of aryl methyl sites for hydroxylation is 1. The van der Waals surface area contributed by atoms with Gasteiger partial charge in [0.15, 0.2) is 4.34 Å². The number of nitrogens with one attached hydrogen (secondary N) is 1. The van der Waals surface area contributed by atoms with Gasteiger partial charge in [-0.05, 0) is 31.0 Å². The van der Waals surface area contributed by atoms with Gasteiger partial charge in [-0.3, -0.25) is 9.78 Å². The third-order valence-corrected chi connectivity index (χ3v) is 4.67. The van der Waals surface area contributed by atoms with Crippen LogP contribution in [0, 0.1) is 6.92 Å². The number of carbonyl (C=O) groups excluding carboxylic acids is 1. The Balaban J connectivity index is 1.90. The van der Waals surface area contributed by atoms with Crippen LogP contribution >= 0.6 is 23.1 Å². The number of nitrogens with zero attached hydrogens (tertiary/aromatic N) is 3. The topological polar surface area (TPSA) is 93.8 Å². The van der Waals surface area contributed by atoms with Crippen molar-refractivity contribution in [3.8, 4) is 0 Å². The molecule has 0 aliphatic carbocycles. The number of rotatable bonds is 6. The molecule has 2 rings (SSSR count). The number of hydrogen-bond donors (Lipinski definition) is 2. The molecule has 0 aliphatic heterocycles. The molecule has 0 fully saturated rings. The summed E-state index contributed by atoms with van der Waals surface area (Å²) < 4.78 is 0.698. The maximum atomic E-state index is 12.0. The van der Waals surface area contributed by atoms with Crippen LogP contribution in [0.3, 0.4) is 0 Å². The summed E-state index contributed by atoms with van der Waals surface area (Å²) >= 11 is 2.61. The van der Waals surface area contributed by atoms with E-state index in [4.69, 9.17) is 5.73 Å². The van der Waals surface area contributed by atoms with E-state index >= 15 is 0 Å². The summed E-state index contributed by atoms with van der Waals surface area (Å²) in [4.78, 5) is 16.3. The van der Waals surface area contributed by atoms with Gasteiger partial charge in [-0.15, -0.1) is 10.2 Å². The lowest BCUT2D eigenvalue weighted by Gasteiger charge is -2.16. The summed E-state index contributed by atoms with van der Waals surface area (Å²) in [5.74, 6) is 0.237. The maximum absolute atomic E-state index is 12.0. The normalized spacial score (nSPS) is 12.1. The molecule has 0 saturated heterocycles. The van der Waals surface area contributed by atoms with E-state index in [1.807, 2.05) is 26.0 Å². The first-order valence-corrected chi connectivity index (χ1v) is 8.32. The van der Waals surface area contributed by atoms with Crippen LogP contribution in [-0.2, 0) is 4.79 Å². The predicted molar refractivity (Wildman–Crippen MR) is 85.2 cm³/mol. The van der Waals surface area contributed by atoms with Crippen molar-refractivity contribution >= 4 is 34.1 Å². The molecule has 1 amide bonds. The highest BCUT2D eigenvalue weighted by Crippen LogP contribution is 2.23. The first-order valence-electron chi connectivity index (χ1n) is 6.52. The van der Waals surface area contributed by atoms with Gasteiger partial charge in [0.2, 0.25) is 11.0 Å². The van der Waals surface area contributed by atoms with Gasteiger partial charge in [-0.1, -0.05) is 30.0 Å². The van der Waals surface area contributed by atoms with Crippen molar-refractivity contribution < 1.29 is 4.79 Å². The smallest absolute Gasteiger partial charge is 0.230 e. The molecule has 1 unspecified atom stereocenters. The van der Waals surface area contributed by atoms with Crippen LogP contribution in [0.25, 0.3) is 0 Å². The highest BCUT2D eigenvalue weighted by Gasteiger charge is 2.15. The van der Waals surface area contributed by atoms with Crippen molar-refractivity contribution in [1.82, 2.24) is 20.5 Å². The lowest BCUT2D eigenvalue weighted by atomic mass is 10.1. The molecule has 21 heavy (non-hydrogen) atoms. The van der Waals surface area contributed by atoms with Gasteiger partial charge in [0.1, 0.15) is 0 Å². The van der Waals surface area contributed by atoms with E-state index in [9.17, 15) is 4.79 Å². The summed E-state index contributed by atoms with van der Waals surface area (Å²) in [5.41, 5.74) is 7.52. The summed E-state index contributed by atoms with van der Waals surface area (Å²) in [7, 11) is 0. The highest BCUT2D eigenvalue weighted by atomic mass is 32.2. The van der Waals surface area contributed by atoms with E-state index in [0.717, 1.165) is 17.7 Å². The Morgan fingerprint density at radius 2 is 2.33 bits per heavy atom. The van der Waals surface area contributed by atoms with Crippen molar-refractivity contribution in [3.05, 3.63) is 29.6 Å². The van der Waals surface area contributed by atoms with Crippen LogP contribution in [-0.4, -0.2) is 26.8 Å². The van der Waals surface area contributed by atoms with E-state index in [-0.39, 0.29) is 17.7 Å². The largest absolute Gasteiger partial charge is 0.374 e. The fraction of sp³-hybridized carbons (Fsp3) is 0.385. The molecule has 2 aromatic heterocycles. The van der Waals surface area contributed by atoms with Gasteiger partial charge in [0.25, 0.3) is 0 Å². The minimum Gasteiger partial charge on any atom is -0.374 e. The van der Waals surface area contributed by atoms with Gasteiger partial charge < -0.3 is 11.1 Å². The third kappa shape index (κ3) is 4.68. The Morgan fingerprint density at radius 1 is 1.52 bits per heavy atom. The first-order chi connectivity index (χ1) is 10.1. The van der Waals surface area contributed by atoms with Crippen LogP contribution in [0.1, 0.15) is 30.6 Å². The van der Waals surface area contributed by atoms with Crippen molar-refractivity contribution in [2.24, 2.45) is 0 Å². The van der Waals surface area contributed by atoms with Gasteiger partial charge in [-0.25, -0.2) is 0 Å². The van der Waals surface area contributed by atoms with E-state index in [1.54, 1.807) is 6.20 Å². The predicted octanol–water partition coefficient (Wildman–Crippen LogP) is 2.18. The molecule has 6 nitrogen and oxygen atoms in total. The van der Waals surface area contributed by atoms with Crippen molar-refractivity contribution in [1.29, 1.82) is 0 Å². The number of hydrogen-bond acceptors (Lipinski definition) is 7. The van der Waals surface area contributed by atoms with Gasteiger partial charge in [0.05, 0.1) is 17.5 Å². The number of amides is 1. The molecular formula is C13H17N5OS2. The molecule has 0 bridgehead atoms. The first kappa shape index (κ1) is 15.7. The Bertz CT molecular complexity index is 616. The lowest BCUT2D eigenvalue weighted by Crippen LogP contribution is -2.30. The molecule has 112 valence electrons. The second-order valence-electron chi connectivity index (χ2n) is 4.48. The number of carbonyl (C=O) groups is 1. The van der Waals surface area contributed by atoms with Gasteiger partial charge >= 0.3 is 0 Å². The molecule has 0 aliphatic rings. The average molecular weight is 323 g/mol. The maximum Gasteiger partial charge on any atom is 0.230 e. The Kier molecular flexibility index (Phi) is 5.51. The fourth-order valence-corrected chi connectivity index (χ4v) is 3.22. The Morgan fingerprint density at radius 3 is 2.95 bits per heavy atom. The zero-order chi connectivity index (χ0) is 15.2. The lowest BCUT2D eigenvalue weighted by molar-refractivity contribution is -0.119. The zero-order valence-corrected chi connectivity index (χ0v) is 13.5. The zero-order valence-electron chi connectivity index (χ0n) is 11.9. The fourth-order valence-electron chi connectivity index (χ4n) is 1.78. The summed E-state index contributed by atoms with van der Waals surface area (Å²) in [6, 6.07) is 3.86. The SMILES string of the molecule is CCC(NC(=O)CSc1nnc(N)s1)c1cc(C)ccn1. The molecule has 0 saturated carbocycles. The van der Waals surface area contributed by atoms with Crippen LogP contribution in [0.5, 0.6) is 0 Å². The Hall–Kier alpha value is -1.67. The standard InChI is InChI=1S/C13H17N5OS2/c1-3-9(10-6-8(2)4-5-15-10)16-11(19)7-20-13-18-17-12(14)21-13/h4-6,9H,3,7H2,1-2H3,(H2,14,17)(H,16,19). The van der Waals surface area contributed by atoms with E-state index in [2.05, 4.69) is 20.5 Å². The molecule has 8 heteroatoms. The average Bonchev–Trinajstić information content (AvgIpc) is 2.88. The van der Waals surface area contributed by atoms with Crippen LogP contribution in [0.15, 0.2) is 22.7 Å². The second-order valence-corrected chi connectivity index (χ2v) is 6.71. The summed E-state index contributed by atoms with van der Waals surface area (Å²) in [6.45, 7) is 4.03. The molecule has 0 aromatic carbocycles. The van der Waals surface area contributed by atoms with Gasteiger partial charge in [0, 0.05) is 6.20 Å². The van der Waals surface area contributed by atoms with E-state index in [1.165, 1.54) is 23.1 Å².